The van der Waals surface area contributed by atoms with Gasteiger partial charge >= 0.3 is 0 Å². The standard InChI is InChI=1S/C16H30N4/c1-14(3-4-16(9-18-14)10-19(2)11-16)20-12-15(13-20)5-7-17-8-6-15/h17-18H,3-13H2,1-2H3/t14-/m0/s1. The Bertz CT molecular complexity index is 364. The van der Waals surface area contributed by atoms with Gasteiger partial charge in [0.25, 0.3) is 0 Å². The summed E-state index contributed by atoms with van der Waals surface area (Å²) in [5, 5.41) is 7.42. The van der Waals surface area contributed by atoms with Crippen molar-refractivity contribution in [3.05, 3.63) is 0 Å². The first-order valence-corrected chi connectivity index (χ1v) is 8.43. The van der Waals surface area contributed by atoms with Gasteiger partial charge in [-0.25, -0.2) is 0 Å². The smallest absolute Gasteiger partial charge is 0.0684 e. The molecule has 0 aromatic rings. The summed E-state index contributed by atoms with van der Waals surface area (Å²) in [5.41, 5.74) is 1.53. The third-order valence-electron chi connectivity index (χ3n) is 6.61. The van der Waals surface area contributed by atoms with Crippen LogP contribution in [0.4, 0.5) is 0 Å². The van der Waals surface area contributed by atoms with E-state index in [2.05, 4.69) is 34.4 Å². The van der Waals surface area contributed by atoms with Crippen LogP contribution in [0, 0.1) is 10.8 Å². The first-order valence-electron chi connectivity index (χ1n) is 8.43. The number of hydrogen-bond acceptors (Lipinski definition) is 4. The Balaban J connectivity index is 1.34. The predicted molar refractivity (Wildman–Crippen MR) is 81.7 cm³/mol. The highest BCUT2D eigenvalue weighted by Crippen LogP contribution is 2.46. The van der Waals surface area contributed by atoms with E-state index in [1.54, 1.807) is 0 Å². The molecule has 0 amide bonds. The highest BCUT2D eigenvalue weighted by molar-refractivity contribution is 5.08. The summed E-state index contributed by atoms with van der Waals surface area (Å²) in [5.74, 6) is 0. The van der Waals surface area contributed by atoms with E-state index in [1.165, 1.54) is 71.5 Å². The fourth-order valence-electron chi connectivity index (χ4n) is 5.09. The predicted octanol–water partition coefficient (Wildman–Crippen LogP) is 0.703. The summed E-state index contributed by atoms with van der Waals surface area (Å²) in [6.07, 6.45) is 5.50. The first-order chi connectivity index (χ1) is 9.53. The van der Waals surface area contributed by atoms with Crippen molar-refractivity contribution in [2.75, 3.05) is 52.9 Å². The van der Waals surface area contributed by atoms with Crippen LogP contribution >= 0.6 is 0 Å². The Hall–Kier alpha value is -0.160. The molecule has 0 aromatic carbocycles. The van der Waals surface area contributed by atoms with Crippen molar-refractivity contribution in [2.45, 2.75) is 38.3 Å². The molecule has 1 atom stereocenters. The summed E-state index contributed by atoms with van der Waals surface area (Å²) in [6.45, 7) is 11.4. The minimum atomic E-state index is 0.273. The molecule has 0 unspecified atom stereocenters. The maximum Gasteiger partial charge on any atom is 0.0684 e. The molecule has 0 aliphatic carbocycles. The van der Waals surface area contributed by atoms with E-state index in [4.69, 9.17) is 0 Å². The van der Waals surface area contributed by atoms with Gasteiger partial charge in [-0.1, -0.05) is 0 Å². The molecule has 4 aliphatic rings. The van der Waals surface area contributed by atoms with E-state index >= 15 is 0 Å². The van der Waals surface area contributed by atoms with Gasteiger partial charge in [0.15, 0.2) is 0 Å². The second-order valence-corrected chi connectivity index (χ2v) is 8.41. The molecule has 4 nitrogen and oxygen atoms in total. The van der Waals surface area contributed by atoms with E-state index in [9.17, 15) is 0 Å². The molecule has 2 N–H and O–H groups in total. The zero-order valence-electron chi connectivity index (χ0n) is 13.2. The van der Waals surface area contributed by atoms with Crippen molar-refractivity contribution in [3.8, 4) is 0 Å². The zero-order chi connectivity index (χ0) is 13.8. The van der Waals surface area contributed by atoms with Gasteiger partial charge in [0.1, 0.15) is 0 Å². The lowest BCUT2D eigenvalue weighted by Crippen LogP contribution is -2.74. The number of nitrogens with one attached hydrogen (secondary N) is 2. The van der Waals surface area contributed by atoms with Gasteiger partial charge in [-0.3, -0.25) is 10.2 Å². The summed E-state index contributed by atoms with van der Waals surface area (Å²) >= 11 is 0. The van der Waals surface area contributed by atoms with Crippen LogP contribution in [0.5, 0.6) is 0 Å². The van der Waals surface area contributed by atoms with E-state index in [1.807, 2.05) is 0 Å². The number of piperidine rings is 2. The van der Waals surface area contributed by atoms with Gasteiger partial charge in [0.2, 0.25) is 0 Å². The number of likely N-dealkylation sites (tertiary alicyclic amines) is 2. The summed E-state index contributed by atoms with van der Waals surface area (Å²) in [7, 11) is 2.25. The second kappa shape index (κ2) is 4.42. The lowest BCUT2D eigenvalue weighted by Gasteiger charge is -2.63. The Morgan fingerprint density at radius 3 is 2.10 bits per heavy atom. The zero-order valence-corrected chi connectivity index (χ0v) is 13.2. The van der Waals surface area contributed by atoms with Gasteiger partial charge < -0.3 is 10.2 Å². The molecule has 0 bridgehead atoms. The molecule has 0 radical (unpaired) electrons. The first kappa shape index (κ1) is 13.5. The van der Waals surface area contributed by atoms with Gasteiger partial charge in [0.05, 0.1) is 5.66 Å². The summed E-state index contributed by atoms with van der Waals surface area (Å²) in [6, 6.07) is 0. The van der Waals surface area contributed by atoms with Crippen molar-refractivity contribution in [2.24, 2.45) is 10.8 Å². The lowest BCUT2D eigenvalue weighted by molar-refractivity contribution is -0.132. The van der Waals surface area contributed by atoms with Crippen molar-refractivity contribution < 1.29 is 0 Å². The highest BCUT2D eigenvalue weighted by Gasteiger charge is 2.53. The Morgan fingerprint density at radius 2 is 1.55 bits per heavy atom. The summed E-state index contributed by atoms with van der Waals surface area (Å²) in [4.78, 5) is 5.19. The fourth-order valence-corrected chi connectivity index (χ4v) is 5.09. The molecule has 4 rings (SSSR count). The largest absolute Gasteiger partial charge is 0.317 e. The van der Waals surface area contributed by atoms with Gasteiger partial charge in [-0.2, -0.15) is 0 Å². The van der Waals surface area contributed by atoms with E-state index < -0.39 is 0 Å². The van der Waals surface area contributed by atoms with Crippen LogP contribution in [0.15, 0.2) is 0 Å². The third kappa shape index (κ3) is 2.04. The molecule has 0 saturated carbocycles. The fraction of sp³-hybridized carbons (Fsp3) is 1.00. The molecule has 4 heteroatoms. The Kier molecular flexibility index (Phi) is 2.98. The minimum absolute atomic E-state index is 0.273. The average Bonchev–Trinajstić information content (AvgIpc) is 2.39. The quantitative estimate of drug-likeness (QED) is 0.739. The molecule has 114 valence electrons. The lowest BCUT2D eigenvalue weighted by atomic mass is 9.68. The average molecular weight is 278 g/mol. The third-order valence-corrected chi connectivity index (χ3v) is 6.61. The van der Waals surface area contributed by atoms with Crippen LogP contribution in [0.3, 0.4) is 0 Å². The van der Waals surface area contributed by atoms with Crippen molar-refractivity contribution >= 4 is 0 Å². The van der Waals surface area contributed by atoms with Crippen molar-refractivity contribution in [1.82, 2.24) is 20.4 Å². The second-order valence-electron chi connectivity index (χ2n) is 8.41. The monoisotopic (exact) mass is 278 g/mol. The van der Waals surface area contributed by atoms with E-state index in [-0.39, 0.29) is 5.66 Å². The normalized spacial score (nSPS) is 40.5. The minimum Gasteiger partial charge on any atom is -0.317 e. The van der Waals surface area contributed by atoms with Gasteiger partial charge in [-0.05, 0) is 58.2 Å². The molecular weight excluding hydrogens is 248 g/mol. The molecule has 20 heavy (non-hydrogen) atoms. The molecule has 4 saturated heterocycles. The number of nitrogens with zero attached hydrogens (tertiary/aromatic N) is 2. The summed E-state index contributed by atoms with van der Waals surface area (Å²) < 4.78 is 0. The SMILES string of the molecule is CN1CC2(CC[C@](C)(N3CC4(CCNCC4)C3)NC2)C1. The topological polar surface area (TPSA) is 30.5 Å². The molecular formula is C16H30N4. The van der Waals surface area contributed by atoms with Crippen LogP contribution in [0.2, 0.25) is 0 Å². The van der Waals surface area contributed by atoms with Crippen molar-refractivity contribution in [3.63, 3.8) is 0 Å². The van der Waals surface area contributed by atoms with Crippen LogP contribution in [-0.2, 0) is 0 Å². The van der Waals surface area contributed by atoms with Gasteiger partial charge in [-0.15, -0.1) is 0 Å². The molecule has 4 aliphatic heterocycles. The Labute approximate surface area is 123 Å². The Morgan fingerprint density at radius 1 is 0.850 bits per heavy atom. The highest BCUT2D eigenvalue weighted by atomic mass is 15.4. The molecule has 0 aromatic heterocycles. The van der Waals surface area contributed by atoms with E-state index in [0.29, 0.717) is 10.8 Å². The van der Waals surface area contributed by atoms with Crippen LogP contribution in [0.25, 0.3) is 0 Å². The molecule has 4 fully saturated rings. The van der Waals surface area contributed by atoms with Gasteiger partial charge in [0, 0.05) is 38.1 Å². The van der Waals surface area contributed by atoms with Crippen LogP contribution in [-0.4, -0.2) is 68.3 Å². The number of hydrogen-bond donors (Lipinski definition) is 2. The number of rotatable bonds is 1. The molecule has 2 spiro atoms. The van der Waals surface area contributed by atoms with Crippen LogP contribution < -0.4 is 10.6 Å². The van der Waals surface area contributed by atoms with Crippen molar-refractivity contribution in [1.29, 1.82) is 0 Å². The maximum absolute atomic E-state index is 3.92. The molecule has 4 heterocycles. The van der Waals surface area contributed by atoms with E-state index in [0.717, 1.165) is 0 Å². The van der Waals surface area contributed by atoms with Crippen LogP contribution in [0.1, 0.15) is 32.6 Å². The maximum atomic E-state index is 3.92.